The van der Waals surface area contributed by atoms with Crippen molar-refractivity contribution >= 4 is 16.9 Å². The second kappa shape index (κ2) is 20.8. The highest BCUT2D eigenvalue weighted by Gasteiger charge is 2.41. The van der Waals surface area contributed by atoms with E-state index in [4.69, 9.17) is 43.7 Å². The fourth-order valence-electron chi connectivity index (χ4n) is 7.00. The lowest BCUT2D eigenvalue weighted by Gasteiger charge is -2.43. The maximum absolute atomic E-state index is 13.7. The molecule has 0 aromatic heterocycles. The van der Waals surface area contributed by atoms with Gasteiger partial charge in [0.1, 0.15) is 23.9 Å². The third-order valence-electron chi connectivity index (χ3n) is 9.72. The minimum absolute atomic E-state index is 0.000476. The van der Waals surface area contributed by atoms with Crippen molar-refractivity contribution in [1.82, 2.24) is 10.3 Å². The topological polar surface area (TPSA) is 149 Å². The van der Waals surface area contributed by atoms with E-state index in [0.29, 0.717) is 44.0 Å². The molecule has 13 heteroatoms. The van der Waals surface area contributed by atoms with Gasteiger partial charge in [-0.05, 0) is 64.9 Å². The van der Waals surface area contributed by atoms with Gasteiger partial charge in [0.25, 0.3) is 0 Å². The van der Waals surface area contributed by atoms with Crippen LogP contribution in [0.3, 0.4) is 0 Å². The number of ether oxygens (including phenoxy) is 6. The van der Waals surface area contributed by atoms with E-state index in [1.807, 2.05) is 79.7 Å². The first-order valence-electron chi connectivity index (χ1n) is 19.0. The summed E-state index contributed by atoms with van der Waals surface area (Å²) in [5, 5.41) is 29.4. The number of benzene rings is 5. The molecule has 3 N–H and O–H groups in total. The van der Waals surface area contributed by atoms with Crippen molar-refractivity contribution in [3.05, 3.63) is 137 Å². The van der Waals surface area contributed by atoms with Crippen LogP contribution in [0, 0.1) is 0 Å². The number of hydrogen-bond donors (Lipinski definition) is 3. The molecule has 302 valence electrons. The minimum Gasteiger partial charge on any atom is -0.508 e. The molecular weight excluding hydrogens is 732 g/mol. The van der Waals surface area contributed by atoms with Gasteiger partial charge >= 0.3 is 6.09 Å². The maximum atomic E-state index is 13.7. The molecule has 1 amide bonds. The summed E-state index contributed by atoms with van der Waals surface area (Å²) >= 11 is 0. The number of amides is 1. The largest absolute Gasteiger partial charge is 0.508 e. The lowest BCUT2D eigenvalue weighted by molar-refractivity contribution is -0.497. The quantitative estimate of drug-likeness (QED) is 0.0555. The number of carbonyl (C=O) groups excluding carboxylic acids is 1. The summed E-state index contributed by atoms with van der Waals surface area (Å²) in [5.74, 6) is 1.47. The first-order valence-corrected chi connectivity index (χ1v) is 19.0. The van der Waals surface area contributed by atoms with Gasteiger partial charge in [0.05, 0.1) is 70.8 Å². The number of hydrogen-bond acceptors (Lipinski definition) is 12. The second-order valence-electron chi connectivity index (χ2n) is 13.6. The molecular formula is C44H50N2O11. The molecule has 57 heavy (non-hydrogen) atoms. The number of likely N-dealkylation sites (tertiary alicyclic amines) is 1. The van der Waals surface area contributed by atoms with Crippen molar-refractivity contribution in [2.24, 2.45) is 0 Å². The Kier molecular flexibility index (Phi) is 15.1. The number of para-hydroxylation sites is 1. The Morgan fingerprint density at radius 1 is 0.772 bits per heavy atom. The molecule has 0 bridgehead atoms. The molecule has 0 radical (unpaired) electrons. The van der Waals surface area contributed by atoms with Gasteiger partial charge in [-0.25, -0.2) is 9.63 Å². The van der Waals surface area contributed by atoms with Crippen LogP contribution in [0.25, 0.3) is 10.8 Å². The summed E-state index contributed by atoms with van der Waals surface area (Å²) in [6.45, 7) is 4.38. The molecule has 1 aliphatic heterocycles. The first-order chi connectivity index (χ1) is 27.8. The van der Waals surface area contributed by atoms with Crippen LogP contribution in [0.5, 0.6) is 17.2 Å². The smallest absolute Gasteiger partial charge is 0.410 e. The number of fused-ring (bicyclic) bond motifs is 1. The van der Waals surface area contributed by atoms with E-state index in [1.54, 1.807) is 42.3 Å². The molecule has 6 rings (SSSR count). The van der Waals surface area contributed by atoms with E-state index in [-0.39, 0.29) is 50.0 Å². The third-order valence-corrected chi connectivity index (χ3v) is 9.72. The van der Waals surface area contributed by atoms with Crippen LogP contribution in [-0.2, 0) is 50.2 Å². The summed E-state index contributed by atoms with van der Waals surface area (Å²) in [4.78, 5) is 20.0. The fourth-order valence-corrected chi connectivity index (χ4v) is 7.00. The lowest BCUT2D eigenvalue weighted by Crippen LogP contribution is -2.54. The standard InChI is InChI=1S/C44H50N2O11/c1-3-53-41-25-45(44(48)56-27-31-10-8-11-32(22-31)29-57-46(49)50)26-42(55-28-33-23-35-12-4-6-14-38(35)40(24-33)51-2)43(41)34-16-18-37(19-17-34)54-21-9-20-52-30-36-13-5-7-15-39(36)47/h4-8,10-19,22-24,41-43,47,49-50H,3,9,20-21,25-30H2,1-2H3. The molecule has 5 aromatic carbocycles. The second-order valence-corrected chi connectivity index (χ2v) is 13.6. The van der Waals surface area contributed by atoms with Crippen LogP contribution in [0.1, 0.15) is 47.1 Å². The number of piperidine rings is 1. The van der Waals surface area contributed by atoms with E-state index in [9.17, 15) is 9.90 Å². The SMILES string of the molecule is CCOC1CN(C(=O)OCc2cccc(CON(O)O)c2)CC(OCc2cc(OC)c3ccccc3c2)C1c1ccc(OCCCOCc2ccccc2O)cc1. The third kappa shape index (κ3) is 11.6. The minimum atomic E-state index is -0.508. The van der Waals surface area contributed by atoms with Crippen LogP contribution in [-0.4, -0.2) is 84.1 Å². The van der Waals surface area contributed by atoms with Gasteiger partial charge in [0, 0.05) is 29.9 Å². The molecule has 0 aliphatic carbocycles. The number of phenolic OH excluding ortho intramolecular Hbond substituents is 1. The van der Waals surface area contributed by atoms with Crippen LogP contribution in [0.4, 0.5) is 4.79 Å². The number of rotatable bonds is 19. The van der Waals surface area contributed by atoms with Gasteiger partial charge in [0.15, 0.2) is 0 Å². The average molecular weight is 783 g/mol. The van der Waals surface area contributed by atoms with Gasteiger partial charge in [-0.15, -0.1) is 0 Å². The zero-order valence-electron chi connectivity index (χ0n) is 32.2. The highest BCUT2D eigenvalue weighted by atomic mass is 17.1. The summed E-state index contributed by atoms with van der Waals surface area (Å²) < 4.78 is 36.3. The zero-order valence-corrected chi connectivity index (χ0v) is 32.2. The van der Waals surface area contributed by atoms with E-state index in [1.165, 1.54) is 0 Å². The van der Waals surface area contributed by atoms with Crippen LogP contribution >= 0.6 is 0 Å². The molecule has 0 saturated carbocycles. The first kappa shape index (κ1) is 41.4. The van der Waals surface area contributed by atoms with Crippen LogP contribution < -0.4 is 9.47 Å². The number of nitrogens with zero attached hydrogens (tertiary/aromatic N) is 2. The van der Waals surface area contributed by atoms with E-state index >= 15 is 0 Å². The molecule has 13 nitrogen and oxygen atoms in total. The lowest BCUT2D eigenvalue weighted by atomic mass is 9.84. The highest BCUT2D eigenvalue weighted by molar-refractivity contribution is 5.89. The van der Waals surface area contributed by atoms with Gasteiger partial charge in [-0.1, -0.05) is 78.9 Å². The Morgan fingerprint density at radius 3 is 2.26 bits per heavy atom. The molecule has 5 aromatic rings. The van der Waals surface area contributed by atoms with Gasteiger partial charge in [0.2, 0.25) is 0 Å². The van der Waals surface area contributed by atoms with Crippen molar-refractivity contribution in [2.75, 3.05) is 40.0 Å². The molecule has 3 atom stereocenters. The monoisotopic (exact) mass is 782 g/mol. The van der Waals surface area contributed by atoms with Crippen molar-refractivity contribution in [3.63, 3.8) is 0 Å². The van der Waals surface area contributed by atoms with Gasteiger partial charge in [-0.3, -0.25) is 10.4 Å². The number of methoxy groups -OCH3 is 1. The maximum Gasteiger partial charge on any atom is 0.410 e. The molecule has 3 unspecified atom stereocenters. The van der Waals surface area contributed by atoms with Crippen molar-refractivity contribution in [3.8, 4) is 17.2 Å². The van der Waals surface area contributed by atoms with Gasteiger partial charge < -0.3 is 38.4 Å². The van der Waals surface area contributed by atoms with E-state index in [0.717, 1.165) is 39.0 Å². The predicted octanol–water partition coefficient (Wildman–Crippen LogP) is 7.78. The summed E-state index contributed by atoms with van der Waals surface area (Å²) in [6.07, 6.45) is -0.696. The summed E-state index contributed by atoms with van der Waals surface area (Å²) in [6, 6.07) is 34.2. The Hall–Kier alpha value is -5.25. The molecule has 0 spiro atoms. The summed E-state index contributed by atoms with van der Waals surface area (Å²) in [7, 11) is 1.65. The van der Waals surface area contributed by atoms with Gasteiger partial charge in [-0.2, -0.15) is 0 Å². The van der Waals surface area contributed by atoms with Crippen LogP contribution in [0.15, 0.2) is 109 Å². The molecule has 1 heterocycles. The Balaban J connectivity index is 1.14. The van der Waals surface area contributed by atoms with E-state index < -0.39 is 18.3 Å². The number of phenols is 1. The van der Waals surface area contributed by atoms with Crippen molar-refractivity contribution in [2.45, 2.75) is 57.9 Å². The number of carbonyl (C=O) groups is 1. The van der Waals surface area contributed by atoms with Crippen molar-refractivity contribution in [1.29, 1.82) is 0 Å². The summed E-state index contributed by atoms with van der Waals surface area (Å²) in [5.41, 5.74) is 4.04. The highest BCUT2D eigenvalue weighted by Crippen LogP contribution is 2.36. The fraction of sp³-hybridized carbons (Fsp3) is 0.341. The Morgan fingerprint density at radius 2 is 1.51 bits per heavy atom. The normalized spacial score (nSPS) is 16.9. The average Bonchev–Trinajstić information content (AvgIpc) is 3.23. The molecule has 1 aliphatic rings. The Labute approximate surface area is 332 Å². The molecule has 1 saturated heterocycles. The molecule has 1 fully saturated rings. The Bertz CT molecular complexity index is 2030. The van der Waals surface area contributed by atoms with Crippen molar-refractivity contribution < 1.29 is 53.6 Å². The zero-order chi connectivity index (χ0) is 40.0. The predicted molar refractivity (Wildman–Crippen MR) is 210 cm³/mol. The number of aromatic hydroxyl groups is 1. The van der Waals surface area contributed by atoms with E-state index in [2.05, 4.69) is 6.07 Å². The van der Waals surface area contributed by atoms with Crippen LogP contribution in [0.2, 0.25) is 0 Å².